The maximum absolute atomic E-state index is 11.8. The van der Waals surface area contributed by atoms with Gasteiger partial charge in [0.25, 0.3) is 0 Å². The molecule has 2 aromatic rings. The van der Waals surface area contributed by atoms with Crippen molar-refractivity contribution < 1.29 is 9.59 Å². The van der Waals surface area contributed by atoms with Crippen molar-refractivity contribution in [2.45, 2.75) is 27.2 Å². The molecule has 1 aromatic heterocycles. The van der Waals surface area contributed by atoms with Gasteiger partial charge in [0, 0.05) is 30.1 Å². The van der Waals surface area contributed by atoms with Gasteiger partial charge in [0.2, 0.25) is 11.8 Å². The zero-order valence-electron chi connectivity index (χ0n) is 13.6. The molecule has 2 amide bonds. The maximum atomic E-state index is 11.8. The largest absolute Gasteiger partial charge is 0.356 e. The van der Waals surface area contributed by atoms with E-state index in [0.29, 0.717) is 12.5 Å². The normalized spacial score (nSPS) is 10.6. The second-order valence-corrected chi connectivity index (χ2v) is 6.64. The van der Waals surface area contributed by atoms with Crippen molar-refractivity contribution in [1.29, 1.82) is 0 Å². The summed E-state index contributed by atoms with van der Waals surface area (Å²) in [6.45, 7) is 6.27. The van der Waals surface area contributed by atoms with Crippen LogP contribution in [0.3, 0.4) is 0 Å². The molecular formula is C17H21N3O2S. The molecule has 0 aliphatic rings. The average molecular weight is 331 g/mol. The Balaban J connectivity index is 2.04. The van der Waals surface area contributed by atoms with E-state index in [4.69, 9.17) is 0 Å². The fourth-order valence-corrected chi connectivity index (χ4v) is 2.82. The van der Waals surface area contributed by atoms with E-state index < -0.39 is 0 Å². The van der Waals surface area contributed by atoms with E-state index in [1.807, 2.05) is 29.6 Å². The quantitative estimate of drug-likeness (QED) is 0.854. The summed E-state index contributed by atoms with van der Waals surface area (Å²) in [6.07, 6.45) is 0.286. The first-order chi connectivity index (χ1) is 10.9. The van der Waals surface area contributed by atoms with Crippen molar-refractivity contribution in [3.05, 3.63) is 35.3 Å². The lowest BCUT2D eigenvalue weighted by molar-refractivity contribution is -0.120. The molecule has 0 radical (unpaired) electrons. The number of rotatable bonds is 6. The molecule has 0 saturated carbocycles. The van der Waals surface area contributed by atoms with Crippen LogP contribution in [0.25, 0.3) is 10.6 Å². The lowest BCUT2D eigenvalue weighted by atomic mass is 10.2. The van der Waals surface area contributed by atoms with Crippen LogP contribution in [0.4, 0.5) is 5.69 Å². The highest BCUT2D eigenvalue weighted by Gasteiger charge is 2.10. The number of aromatic nitrogens is 1. The molecule has 0 spiro atoms. The number of amides is 2. The van der Waals surface area contributed by atoms with Crippen LogP contribution < -0.4 is 10.6 Å². The van der Waals surface area contributed by atoms with Gasteiger partial charge in [0.05, 0.1) is 12.1 Å². The zero-order valence-corrected chi connectivity index (χ0v) is 14.4. The van der Waals surface area contributed by atoms with Crippen molar-refractivity contribution in [2.24, 2.45) is 5.92 Å². The van der Waals surface area contributed by atoms with E-state index >= 15 is 0 Å². The van der Waals surface area contributed by atoms with Crippen LogP contribution in [-0.2, 0) is 16.0 Å². The molecule has 0 saturated heterocycles. The van der Waals surface area contributed by atoms with Crippen LogP contribution in [0.2, 0.25) is 0 Å². The van der Waals surface area contributed by atoms with E-state index in [0.717, 1.165) is 22.0 Å². The number of thiazole rings is 1. The molecule has 6 heteroatoms. The number of nitrogens with zero attached hydrogens (tertiary/aromatic N) is 1. The van der Waals surface area contributed by atoms with Gasteiger partial charge < -0.3 is 10.6 Å². The predicted molar refractivity (Wildman–Crippen MR) is 93.4 cm³/mol. The molecular weight excluding hydrogens is 310 g/mol. The Morgan fingerprint density at radius 1 is 1.30 bits per heavy atom. The molecule has 122 valence electrons. The van der Waals surface area contributed by atoms with Gasteiger partial charge in [0.15, 0.2) is 0 Å². The molecule has 23 heavy (non-hydrogen) atoms. The third-order valence-corrected chi connectivity index (χ3v) is 3.97. The summed E-state index contributed by atoms with van der Waals surface area (Å²) < 4.78 is 0. The highest BCUT2D eigenvalue weighted by Crippen LogP contribution is 2.26. The Bertz CT molecular complexity index is 695. The van der Waals surface area contributed by atoms with Gasteiger partial charge in [-0.3, -0.25) is 9.59 Å². The minimum atomic E-state index is -0.108. The molecule has 2 N–H and O–H groups in total. The van der Waals surface area contributed by atoms with Crippen LogP contribution in [-0.4, -0.2) is 23.3 Å². The summed E-state index contributed by atoms with van der Waals surface area (Å²) in [6, 6.07) is 7.52. The third kappa shape index (κ3) is 5.49. The number of anilines is 1. The topological polar surface area (TPSA) is 71.1 Å². The van der Waals surface area contributed by atoms with Gasteiger partial charge in [-0.25, -0.2) is 4.98 Å². The average Bonchev–Trinajstić information content (AvgIpc) is 2.93. The van der Waals surface area contributed by atoms with Gasteiger partial charge in [-0.1, -0.05) is 26.0 Å². The van der Waals surface area contributed by atoms with Crippen molar-refractivity contribution in [2.75, 3.05) is 11.9 Å². The van der Waals surface area contributed by atoms with E-state index in [1.54, 1.807) is 0 Å². The fourth-order valence-electron chi connectivity index (χ4n) is 2.00. The molecule has 0 aliphatic heterocycles. The lowest BCUT2D eigenvalue weighted by Crippen LogP contribution is -2.28. The molecule has 0 atom stereocenters. The van der Waals surface area contributed by atoms with Gasteiger partial charge >= 0.3 is 0 Å². The Morgan fingerprint density at radius 2 is 2.09 bits per heavy atom. The van der Waals surface area contributed by atoms with Crippen LogP contribution in [0, 0.1) is 5.92 Å². The summed E-state index contributed by atoms with van der Waals surface area (Å²) in [4.78, 5) is 27.5. The molecule has 0 bridgehead atoms. The first kappa shape index (κ1) is 17.1. The molecule has 1 aromatic carbocycles. The second kappa shape index (κ2) is 7.87. The van der Waals surface area contributed by atoms with Crippen molar-refractivity contribution >= 4 is 28.8 Å². The maximum Gasteiger partial charge on any atom is 0.226 e. The standard InChI is InChI=1S/C17H21N3O2S/c1-11(2)9-18-16(22)8-15-10-23-17(20-15)13-5-4-6-14(7-13)19-12(3)21/h4-7,10-11H,8-9H2,1-3H3,(H,18,22)(H,19,21). The molecule has 0 aliphatic carbocycles. The van der Waals surface area contributed by atoms with Gasteiger partial charge in [-0.15, -0.1) is 11.3 Å². The van der Waals surface area contributed by atoms with Crippen molar-refractivity contribution in [3.8, 4) is 10.6 Å². The number of carbonyl (C=O) groups is 2. The predicted octanol–water partition coefficient (Wildman–Crippen LogP) is 3.08. The molecule has 5 nitrogen and oxygen atoms in total. The summed E-state index contributed by atoms with van der Waals surface area (Å²) in [7, 11) is 0. The van der Waals surface area contributed by atoms with Crippen LogP contribution in [0.1, 0.15) is 26.5 Å². The summed E-state index contributed by atoms with van der Waals surface area (Å²) in [5, 5.41) is 8.38. The first-order valence-corrected chi connectivity index (χ1v) is 8.41. The summed E-state index contributed by atoms with van der Waals surface area (Å²) >= 11 is 1.49. The number of carbonyl (C=O) groups excluding carboxylic acids is 2. The van der Waals surface area contributed by atoms with Crippen LogP contribution in [0.15, 0.2) is 29.6 Å². The second-order valence-electron chi connectivity index (χ2n) is 5.78. The van der Waals surface area contributed by atoms with Gasteiger partial charge in [0.1, 0.15) is 5.01 Å². The van der Waals surface area contributed by atoms with E-state index in [-0.39, 0.29) is 18.2 Å². The van der Waals surface area contributed by atoms with E-state index in [1.165, 1.54) is 18.3 Å². The Hall–Kier alpha value is -2.21. The fraction of sp³-hybridized carbons (Fsp3) is 0.353. The minimum Gasteiger partial charge on any atom is -0.356 e. The highest BCUT2D eigenvalue weighted by atomic mass is 32.1. The monoisotopic (exact) mass is 331 g/mol. The third-order valence-electron chi connectivity index (χ3n) is 3.03. The van der Waals surface area contributed by atoms with Gasteiger partial charge in [-0.2, -0.15) is 0 Å². The number of benzene rings is 1. The van der Waals surface area contributed by atoms with Crippen LogP contribution in [0.5, 0.6) is 0 Å². The number of hydrogen-bond donors (Lipinski definition) is 2. The minimum absolute atomic E-state index is 0.0115. The Morgan fingerprint density at radius 3 is 2.78 bits per heavy atom. The van der Waals surface area contributed by atoms with Crippen molar-refractivity contribution in [1.82, 2.24) is 10.3 Å². The SMILES string of the molecule is CC(=O)Nc1cccc(-c2nc(CC(=O)NCC(C)C)cs2)c1. The smallest absolute Gasteiger partial charge is 0.226 e. The Labute approximate surface area is 140 Å². The molecule has 0 unspecified atom stereocenters. The van der Waals surface area contributed by atoms with Gasteiger partial charge in [-0.05, 0) is 18.1 Å². The Kier molecular flexibility index (Phi) is 5.87. The molecule has 0 fully saturated rings. The lowest BCUT2D eigenvalue weighted by Gasteiger charge is -2.06. The summed E-state index contributed by atoms with van der Waals surface area (Å²) in [5.74, 6) is 0.313. The first-order valence-electron chi connectivity index (χ1n) is 7.53. The van der Waals surface area contributed by atoms with E-state index in [2.05, 4.69) is 29.5 Å². The zero-order chi connectivity index (χ0) is 16.8. The summed E-state index contributed by atoms with van der Waals surface area (Å²) in [5.41, 5.74) is 2.42. The van der Waals surface area contributed by atoms with Crippen LogP contribution >= 0.6 is 11.3 Å². The van der Waals surface area contributed by atoms with E-state index in [9.17, 15) is 9.59 Å². The highest BCUT2D eigenvalue weighted by molar-refractivity contribution is 7.13. The van der Waals surface area contributed by atoms with Crippen molar-refractivity contribution in [3.63, 3.8) is 0 Å². The number of hydrogen-bond acceptors (Lipinski definition) is 4. The molecule has 2 rings (SSSR count). The number of nitrogens with one attached hydrogen (secondary N) is 2. The molecule has 1 heterocycles.